The summed E-state index contributed by atoms with van der Waals surface area (Å²) in [6.07, 6.45) is 6.44. The van der Waals surface area contributed by atoms with E-state index in [1.165, 1.54) is 0 Å². The Morgan fingerprint density at radius 3 is 2.74 bits per heavy atom. The Morgan fingerprint density at radius 2 is 2.09 bits per heavy atom. The topological polar surface area (TPSA) is 74.5 Å². The molecule has 7 nitrogen and oxygen atoms in total. The van der Waals surface area contributed by atoms with Crippen molar-refractivity contribution in [3.05, 3.63) is 42.6 Å². The van der Waals surface area contributed by atoms with Gasteiger partial charge in [-0.2, -0.15) is 0 Å². The van der Waals surface area contributed by atoms with Gasteiger partial charge < -0.3 is 10.0 Å². The Labute approximate surface area is 135 Å². The van der Waals surface area contributed by atoms with Gasteiger partial charge in [0.05, 0.1) is 6.10 Å². The van der Waals surface area contributed by atoms with Crippen LogP contribution < -0.4 is 0 Å². The molecule has 23 heavy (non-hydrogen) atoms. The van der Waals surface area contributed by atoms with Gasteiger partial charge in [-0.25, -0.2) is 9.97 Å². The first-order valence-electron chi connectivity index (χ1n) is 7.77. The summed E-state index contributed by atoms with van der Waals surface area (Å²) in [5.74, 6) is 0.701. The average molecular weight is 315 g/mol. The van der Waals surface area contributed by atoms with E-state index in [2.05, 4.69) is 14.9 Å². The fraction of sp³-hybridized carbons (Fsp3) is 0.438. The number of hydrogen-bond acceptors (Lipinski definition) is 5. The molecule has 0 radical (unpaired) electrons. The summed E-state index contributed by atoms with van der Waals surface area (Å²) in [5.41, 5.74) is 0.632. The van der Waals surface area contributed by atoms with Gasteiger partial charge >= 0.3 is 0 Å². The number of imidazole rings is 1. The molecule has 1 saturated heterocycles. The first kappa shape index (κ1) is 15.6. The van der Waals surface area contributed by atoms with Crippen LogP contribution in [0.1, 0.15) is 17.3 Å². The standard InChI is InChI=1S/C16H21N5O2/c1-13(22)11-19-6-8-20(9-7-19)16(23)14-2-3-18-15(10-14)21-5-4-17-12-21/h2-5,10,12-13,22H,6-9,11H2,1H3/t13-/m1/s1. The van der Waals surface area contributed by atoms with Gasteiger partial charge in [-0.05, 0) is 19.1 Å². The first-order valence-corrected chi connectivity index (χ1v) is 7.77. The minimum atomic E-state index is -0.338. The molecule has 0 aromatic carbocycles. The minimum Gasteiger partial charge on any atom is -0.392 e. The highest BCUT2D eigenvalue weighted by Crippen LogP contribution is 2.12. The maximum atomic E-state index is 12.7. The highest BCUT2D eigenvalue weighted by atomic mass is 16.3. The Balaban J connectivity index is 1.66. The van der Waals surface area contributed by atoms with Gasteiger partial charge in [-0.3, -0.25) is 14.3 Å². The number of pyridine rings is 1. The van der Waals surface area contributed by atoms with Crippen LogP contribution in [0.3, 0.4) is 0 Å². The quantitative estimate of drug-likeness (QED) is 0.884. The number of hydrogen-bond donors (Lipinski definition) is 1. The molecule has 1 fully saturated rings. The maximum absolute atomic E-state index is 12.7. The van der Waals surface area contributed by atoms with Crippen LogP contribution in [0.5, 0.6) is 0 Å². The van der Waals surface area contributed by atoms with E-state index in [0.717, 1.165) is 13.1 Å². The van der Waals surface area contributed by atoms with Gasteiger partial charge in [0, 0.05) is 56.9 Å². The van der Waals surface area contributed by atoms with Crippen molar-refractivity contribution in [3.63, 3.8) is 0 Å². The maximum Gasteiger partial charge on any atom is 0.254 e. The van der Waals surface area contributed by atoms with E-state index in [1.54, 1.807) is 48.5 Å². The number of aliphatic hydroxyl groups excluding tert-OH is 1. The molecular weight excluding hydrogens is 294 g/mol. The van der Waals surface area contributed by atoms with Crippen molar-refractivity contribution >= 4 is 5.91 Å². The van der Waals surface area contributed by atoms with Crippen molar-refractivity contribution in [1.82, 2.24) is 24.3 Å². The van der Waals surface area contributed by atoms with Crippen molar-refractivity contribution in [1.29, 1.82) is 0 Å². The second-order valence-corrected chi connectivity index (χ2v) is 5.81. The van der Waals surface area contributed by atoms with Gasteiger partial charge in [0.1, 0.15) is 12.1 Å². The van der Waals surface area contributed by atoms with E-state index in [-0.39, 0.29) is 12.0 Å². The van der Waals surface area contributed by atoms with Crippen LogP contribution >= 0.6 is 0 Å². The van der Waals surface area contributed by atoms with Crippen molar-refractivity contribution in [2.75, 3.05) is 32.7 Å². The van der Waals surface area contributed by atoms with E-state index < -0.39 is 0 Å². The van der Waals surface area contributed by atoms with Crippen molar-refractivity contribution in [2.45, 2.75) is 13.0 Å². The highest BCUT2D eigenvalue weighted by Gasteiger charge is 2.23. The molecular formula is C16H21N5O2. The van der Waals surface area contributed by atoms with E-state index in [1.807, 2.05) is 4.90 Å². The molecule has 0 saturated carbocycles. The summed E-state index contributed by atoms with van der Waals surface area (Å²) >= 11 is 0. The van der Waals surface area contributed by atoms with Crippen LogP contribution in [0.4, 0.5) is 0 Å². The summed E-state index contributed by atoms with van der Waals surface area (Å²) in [6.45, 7) is 5.36. The summed E-state index contributed by atoms with van der Waals surface area (Å²) in [7, 11) is 0. The molecule has 122 valence electrons. The van der Waals surface area contributed by atoms with E-state index in [0.29, 0.717) is 31.0 Å². The van der Waals surface area contributed by atoms with Crippen LogP contribution in [0, 0.1) is 0 Å². The molecule has 1 N–H and O–H groups in total. The van der Waals surface area contributed by atoms with Crippen molar-refractivity contribution in [3.8, 4) is 5.82 Å². The molecule has 1 aliphatic rings. The predicted octanol–water partition coefficient (Wildman–Crippen LogP) is 0.406. The lowest BCUT2D eigenvalue weighted by atomic mass is 10.2. The molecule has 0 spiro atoms. The molecule has 7 heteroatoms. The number of rotatable bonds is 4. The zero-order chi connectivity index (χ0) is 16.2. The third kappa shape index (κ3) is 3.75. The predicted molar refractivity (Wildman–Crippen MR) is 85.4 cm³/mol. The molecule has 1 aliphatic heterocycles. The number of carbonyl (C=O) groups is 1. The highest BCUT2D eigenvalue weighted by molar-refractivity contribution is 5.94. The minimum absolute atomic E-state index is 0.0189. The smallest absolute Gasteiger partial charge is 0.254 e. The number of piperazine rings is 1. The monoisotopic (exact) mass is 315 g/mol. The van der Waals surface area contributed by atoms with Gasteiger partial charge in [-0.1, -0.05) is 0 Å². The molecule has 2 aromatic heterocycles. The second kappa shape index (κ2) is 6.89. The summed E-state index contributed by atoms with van der Waals surface area (Å²) in [4.78, 5) is 25.0. The van der Waals surface area contributed by atoms with E-state index in [9.17, 15) is 9.90 Å². The van der Waals surface area contributed by atoms with Gasteiger partial charge in [-0.15, -0.1) is 0 Å². The SMILES string of the molecule is C[C@@H](O)CN1CCN(C(=O)c2ccnc(-n3ccnc3)c2)CC1. The molecule has 1 amide bonds. The molecule has 3 rings (SSSR count). The summed E-state index contributed by atoms with van der Waals surface area (Å²) < 4.78 is 1.78. The zero-order valence-corrected chi connectivity index (χ0v) is 13.2. The fourth-order valence-electron chi connectivity index (χ4n) is 2.78. The van der Waals surface area contributed by atoms with Gasteiger partial charge in [0.2, 0.25) is 0 Å². The number of carbonyl (C=O) groups excluding carboxylic acids is 1. The van der Waals surface area contributed by atoms with Gasteiger partial charge in [0.25, 0.3) is 5.91 Å². The summed E-state index contributed by atoms with van der Waals surface area (Å²) in [6, 6.07) is 3.52. The van der Waals surface area contributed by atoms with Crippen LogP contribution in [0.2, 0.25) is 0 Å². The Morgan fingerprint density at radius 1 is 1.30 bits per heavy atom. The molecule has 0 unspecified atom stereocenters. The Hall–Kier alpha value is -2.25. The number of aliphatic hydroxyl groups is 1. The third-order valence-electron chi connectivity index (χ3n) is 3.94. The van der Waals surface area contributed by atoms with Crippen LogP contribution in [0.15, 0.2) is 37.1 Å². The Kier molecular flexibility index (Phi) is 4.68. The van der Waals surface area contributed by atoms with Crippen LogP contribution in [0.25, 0.3) is 5.82 Å². The first-order chi connectivity index (χ1) is 11.1. The number of nitrogens with zero attached hydrogens (tertiary/aromatic N) is 5. The van der Waals surface area contributed by atoms with E-state index >= 15 is 0 Å². The van der Waals surface area contributed by atoms with Gasteiger partial charge in [0.15, 0.2) is 0 Å². The van der Waals surface area contributed by atoms with Crippen molar-refractivity contribution < 1.29 is 9.90 Å². The Bertz CT molecular complexity index is 648. The number of β-amino-alcohol motifs (C(OH)–C–C–N with tert-alkyl or cyclic N) is 1. The lowest BCUT2D eigenvalue weighted by molar-refractivity contribution is 0.0554. The number of amides is 1. The second-order valence-electron chi connectivity index (χ2n) is 5.81. The molecule has 3 heterocycles. The molecule has 0 bridgehead atoms. The fourth-order valence-corrected chi connectivity index (χ4v) is 2.78. The zero-order valence-electron chi connectivity index (χ0n) is 13.2. The summed E-state index contributed by atoms with van der Waals surface area (Å²) in [5, 5.41) is 9.44. The molecule has 0 aliphatic carbocycles. The van der Waals surface area contributed by atoms with Crippen molar-refractivity contribution in [2.24, 2.45) is 0 Å². The van der Waals surface area contributed by atoms with Crippen LogP contribution in [-0.4, -0.2) is 74.2 Å². The average Bonchev–Trinajstić information content (AvgIpc) is 3.09. The number of aromatic nitrogens is 3. The third-order valence-corrected chi connectivity index (χ3v) is 3.94. The molecule has 2 aromatic rings. The van der Waals surface area contributed by atoms with E-state index in [4.69, 9.17) is 0 Å². The normalized spacial score (nSPS) is 17.2. The lowest BCUT2D eigenvalue weighted by Gasteiger charge is -2.35. The van der Waals surface area contributed by atoms with Crippen LogP contribution in [-0.2, 0) is 0 Å². The molecule has 1 atom stereocenters. The largest absolute Gasteiger partial charge is 0.392 e. The lowest BCUT2D eigenvalue weighted by Crippen LogP contribution is -2.50.